The van der Waals surface area contributed by atoms with E-state index in [1.54, 1.807) is 49.4 Å². The van der Waals surface area contributed by atoms with E-state index in [1.807, 2.05) is 6.07 Å². The van der Waals surface area contributed by atoms with Crippen LogP contribution in [-0.4, -0.2) is 78.3 Å². The van der Waals surface area contributed by atoms with Crippen LogP contribution in [0.2, 0.25) is 10.0 Å². The molecule has 0 aliphatic heterocycles. The van der Waals surface area contributed by atoms with Crippen LogP contribution in [0, 0.1) is 6.92 Å². The summed E-state index contributed by atoms with van der Waals surface area (Å²) in [6.07, 6.45) is 0. The van der Waals surface area contributed by atoms with E-state index in [0.717, 1.165) is 0 Å². The third-order valence-corrected chi connectivity index (χ3v) is 6.80. The van der Waals surface area contributed by atoms with Gasteiger partial charge in [-0.15, -0.1) is 0 Å². The third-order valence-electron chi connectivity index (χ3n) is 6.23. The summed E-state index contributed by atoms with van der Waals surface area (Å²) < 4.78 is 21.9. The van der Waals surface area contributed by atoms with Crippen molar-refractivity contribution in [3.63, 3.8) is 0 Å². The van der Waals surface area contributed by atoms with Crippen molar-refractivity contribution in [3.05, 3.63) is 81.8 Å². The lowest BCUT2D eigenvalue weighted by Crippen LogP contribution is -2.17. The van der Waals surface area contributed by atoms with E-state index < -0.39 is 11.9 Å². The molecule has 0 amide bonds. The number of carboxylic acids is 2. The first-order valence-electron chi connectivity index (χ1n) is 14.2. The van der Waals surface area contributed by atoms with Gasteiger partial charge in [0.2, 0.25) is 0 Å². The molecule has 15 heteroatoms. The number of furan rings is 1. The number of nitrogens with zero attached hydrogens (tertiary/aromatic N) is 2. The Labute approximate surface area is 274 Å². The molecule has 0 saturated carbocycles. The van der Waals surface area contributed by atoms with Crippen molar-refractivity contribution in [1.82, 2.24) is 9.97 Å². The highest BCUT2D eigenvalue weighted by atomic mass is 35.5. The first kappa shape index (κ1) is 34.5. The van der Waals surface area contributed by atoms with Gasteiger partial charge in [0.25, 0.3) is 0 Å². The number of aliphatic carboxylic acids is 1. The number of hydrogen-bond acceptors (Lipinski definition) is 11. The van der Waals surface area contributed by atoms with Crippen LogP contribution >= 0.6 is 23.2 Å². The molecule has 0 unspecified atom stereocenters. The number of carboxylic acid groups (broad SMARTS) is 2. The highest BCUT2D eigenvalue weighted by Gasteiger charge is 2.18. The maximum atomic E-state index is 11.9. The van der Waals surface area contributed by atoms with Crippen LogP contribution in [0.3, 0.4) is 0 Å². The molecule has 244 valence electrons. The first-order chi connectivity index (χ1) is 22.2. The Balaban J connectivity index is 1.44. The minimum absolute atomic E-state index is 0.0809. The van der Waals surface area contributed by atoms with Crippen molar-refractivity contribution in [1.29, 1.82) is 0 Å². The van der Waals surface area contributed by atoms with Crippen LogP contribution in [0.1, 0.15) is 21.9 Å². The number of rotatable bonds is 19. The average Bonchev–Trinajstić information content (AvgIpc) is 3.49. The molecule has 4 rings (SSSR count). The maximum Gasteiger partial charge on any atom is 0.337 e. The van der Waals surface area contributed by atoms with Crippen molar-refractivity contribution >= 4 is 58.2 Å². The summed E-state index contributed by atoms with van der Waals surface area (Å²) in [6.45, 7) is 3.39. The van der Waals surface area contributed by atoms with Gasteiger partial charge in [0.1, 0.15) is 29.6 Å². The Hall–Kier alpha value is -4.40. The number of anilines is 4. The predicted octanol–water partition coefficient (Wildman–Crippen LogP) is 5.95. The van der Waals surface area contributed by atoms with Crippen molar-refractivity contribution in [2.45, 2.75) is 13.5 Å². The fourth-order valence-electron chi connectivity index (χ4n) is 4.18. The molecule has 0 aliphatic carbocycles. The van der Waals surface area contributed by atoms with Gasteiger partial charge >= 0.3 is 11.9 Å². The van der Waals surface area contributed by atoms with Crippen molar-refractivity contribution in [3.8, 4) is 11.3 Å². The highest BCUT2D eigenvalue weighted by Crippen LogP contribution is 2.34. The number of ether oxygens (including phenoxy) is 3. The number of benzene rings is 2. The van der Waals surface area contributed by atoms with Gasteiger partial charge in [-0.3, -0.25) is 0 Å². The summed E-state index contributed by atoms with van der Waals surface area (Å²) in [5, 5.41) is 29.0. The molecule has 0 radical (unpaired) electrons. The molecule has 0 spiro atoms. The van der Waals surface area contributed by atoms with Gasteiger partial charge in [-0.2, -0.15) is 0 Å². The van der Waals surface area contributed by atoms with E-state index in [4.69, 9.17) is 46.9 Å². The number of aromatic nitrogens is 2. The number of aryl methyl sites for hydroxylation is 1. The van der Waals surface area contributed by atoms with E-state index in [2.05, 4.69) is 25.9 Å². The van der Waals surface area contributed by atoms with E-state index in [1.165, 1.54) is 6.07 Å². The summed E-state index contributed by atoms with van der Waals surface area (Å²) in [6, 6.07) is 15.3. The molecule has 13 nitrogen and oxygen atoms in total. The fraction of sp³-hybridized carbons (Fsp3) is 0.290. The van der Waals surface area contributed by atoms with Crippen LogP contribution < -0.4 is 16.0 Å². The van der Waals surface area contributed by atoms with E-state index in [0.29, 0.717) is 82.3 Å². The Morgan fingerprint density at radius 2 is 1.59 bits per heavy atom. The monoisotopic (exact) mass is 673 g/mol. The van der Waals surface area contributed by atoms with Gasteiger partial charge in [-0.05, 0) is 49.4 Å². The molecule has 0 fully saturated rings. The molecule has 2 aromatic carbocycles. The van der Waals surface area contributed by atoms with Crippen molar-refractivity contribution in [2.75, 3.05) is 62.1 Å². The number of para-hydroxylation sites is 1. The SMILES string of the molecule is Cc1nc(NCCOCCOCCOCC(=O)O)c(NCc2ccc(-c3cc(Cl)ccc3Cl)o2)c(Nc2ccccc2C(=O)O)n1. The molecule has 0 aliphatic rings. The molecule has 46 heavy (non-hydrogen) atoms. The van der Waals surface area contributed by atoms with Crippen LogP contribution in [0.25, 0.3) is 11.3 Å². The number of halogens is 2. The van der Waals surface area contributed by atoms with E-state index >= 15 is 0 Å². The lowest BCUT2D eigenvalue weighted by atomic mass is 10.2. The normalized spacial score (nSPS) is 10.9. The molecule has 0 saturated heterocycles. The van der Waals surface area contributed by atoms with Crippen molar-refractivity contribution < 1.29 is 38.4 Å². The van der Waals surface area contributed by atoms with Gasteiger partial charge in [-0.25, -0.2) is 19.6 Å². The minimum Gasteiger partial charge on any atom is -0.480 e. The summed E-state index contributed by atoms with van der Waals surface area (Å²) in [7, 11) is 0. The van der Waals surface area contributed by atoms with Crippen LogP contribution in [0.4, 0.5) is 23.0 Å². The molecular weight excluding hydrogens is 641 g/mol. The first-order valence-corrected chi connectivity index (χ1v) is 14.9. The molecule has 2 aromatic heterocycles. The summed E-state index contributed by atoms with van der Waals surface area (Å²) in [4.78, 5) is 31.4. The smallest absolute Gasteiger partial charge is 0.337 e. The van der Waals surface area contributed by atoms with Crippen LogP contribution in [0.15, 0.2) is 59.0 Å². The maximum absolute atomic E-state index is 11.9. The summed E-state index contributed by atoms with van der Waals surface area (Å²) in [5.41, 5.74) is 1.58. The molecule has 0 bridgehead atoms. The van der Waals surface area contributed by atoms with Crippen molar-refractivity contribution in [2.24, 2.45) is 0 Å². The number of aromatic carboxylic acids is 1. The summed E-state index contributed by atoms with van der Waals surface area (Å²) in [5.74, 6) is 0.278. The fourth-order valence-corrected chi connectivity index (χ4v) is 4.57. The standard InChI is InChI=1S/C31H33Cl2N5O8/c1-19-36-29(34-10-11-43-12-13-44-14-15-45-18-27(39)40)28(30(37-19)38-25-5-3-2-4-22(25)31(41)42)35-17-21-7-9-26(46-21)23-16-20(32)6-8-24(23)33/h2-9,16,35H,10-15,17-18H2,1H3,(H,39,40)(H,41,42)(H2,34,36,37,38). The van der Waals surface area contributed by atoms with E-state index in [9.17, 15) is 14.7 Å². The Morgan fingerprint density at radius 1 is 0.870 bits per heavy atom. The molecule has 5 N–H and O–H groups in total. The van der Waals surface area contributed by atoms with Gasteiger partial charge < -0.3 is 44.8 Å². The largest absolute Gasteiger partial charge is 0.480 e. The Kier molecular flexibility index (Phi) is 13.0. The van der Waals surface area contributed by atoms with Crippen LogP contribution in [-0.2, 0) is 25.5 Å². The molecule has 0 atom stereocenters. The third kappa shape index (κ3) is 10.3. The predicted molar refractivity (Wildman–Crippen MR) is 174 cm³/mol. The van der Waals surface area contributed by atoms with Gasteiger partial charge in [0, 0.05) is 17.1 Å². The quantitative estimate of drug-likeness (QED) is 0.0738. The zero-order valence-corrected chi connectivity index (χ0v) is 26.4. The minimum atomic E-state index is -1.08. The number of hydrogen-bond donors (Lipinski definition) is 5. The molecular formula is C31H33Cl2N5O8. The Morgan fingerprint density at radius 3 is 2.35 bits per heavy atom. The number of carbonyl (C=O) groups is 2. The van der Waals surface area contributed by atoms with Crippen LogP contribution in [0.5, 0.6) is 0 Å². The topological polar surface area (TPSA) is 177 Å². The lowest BCUT2D eigenvalue weighted by Gasteiger charge is -2.18. The second kappa shape index (κ2) is 17.3. The van der Waals surface area contributed by atoms with Gasteiger partial charge in [-0.1, -0.05) is 35.3 Å². The van der Waals surface area contributed by atoms with E-state index in [-0.39, 0.29) is 31.9 Å². The second-order valence-electron chi connectivity index (χ2n) is 9.66. The zero-order chi connectivity index (χ0) is 32.9. The van der Waals surface area contributed by atoms with Gasteiger partial charge in [0.05, 0.1) is 55.9 Å². The molecule has 4 aromatic rings. The highest BCUT2D eigenvalue weighted by molar-refractivity contribution is 6.35. The second-order valence-corrected chi connectivity index (χ2v) is 10.5. The van der Waals surface area contributed by atoms with Gasteiger partial charge in [0.15, 0.2) is 11.6 Å². The Bertz CT molecular complexity index is 1630. The average molecular weight is 675 g/mol. The molecule has 2 heterocycles. The zero-order valence-electron chi connectivity index (χ0n) is 24.8. The number of nitrogens with one attached hydrogen (secondary N) is 3. The lowest BCUT2D eigenvalue weighted by molar-refractivity contribution is -0.142. The summed E-state index contributed by atoms with van der Waals surface area (Å²) >= 11 is 12.5.